The van der Waals surface area contributed by atoms with Gasteiger partial charge in [-0.3, -0.25) is 0 Å². The summed E-state index contributed by atoms with van der Waals surface area (Å²) < 4.78 is 14.9. The molecular weight excluding hydrogens is 1050 g/mol. The van der Waals surface area contributed by atoms with E-state index in [1.807, 2.05) is 77.4 Å². The van der Waals surface area contributed by atoms with Crippen molar-refractivity contribution in [2.75, 3.05) is 0 Å². The Balaban J connectivity index is 0.00000257. The predicted molar refractivity (Wildman–Crippen MR) is 206 cm³/mol. The fraction of sp³-hybridized carbons (Fsp3) is 0.178. The van der Waals surface area contributed by atoms with Crippen LogP contribution < -0.4 is 9.47 Å². The quantitative estimate of drug-likeness (QED) is 0.147. The van der Waals surface area contributed by atoms with Gasteiger partial charge < -0.3 is 24.0 Å². The van der Waals surface area contributed by atoms with Gasteiger partial charge in [-0.1, -0.05) is 101 Å². The standard InChI is InChI=1S/C45H36N6O2.2Pt/c1-44(2,3)31-19-29(39-11-7-9-17-47-39)21-35(23-31)52-33-13-15-37-38-16-14-34(26-42(38)51(41(37)25-33)43-49-27-46-28-50-43)53-36-22-30(40-12-8-10-18-48-40)20-32(24-36)45(4,5)6;;/h7-20,23-24,27-28H,1-6H3;;/q-4;2*+2. The van der Waals surface area contributed by atoms with Crippen molar-refractivity contribution in [3.05, 3.63) is 145 Å². The van der Waals surface area contributed by atoms with Crippen molar-refractivity contribution < 1.29 is 51.6 Å². The van der Waals surface area contributed by atoms with E-state index >= 15 is 0 Å². The van der Waals surface area contributed by atoms with Crippen LogP contribution in [-0.2, 0) is 53.0 Å². The summed E-state index contributed by atoms with van der Waals surface area (Å²) in [6.45, 7) is 13.0. The van der Waals surface area contributed by atoms with Crippen molar-refractivity contribution in [3.63, 3.8) is 0 Å². The van der Waals surface area contributed by atoms with Crippen LogP contribution in [0.25, 0.3) is 50.3 Å². The van der Waals surface area contributed by atoms with Gasteiger partial charge in [0.2, 0.25) is 5.95 Å². The molecule has 0 radical (unpaired) electrons. The molecule has 0 saturated carbocycles. The van der Waals surface area contributed by atoms with E-state index in [-0.39, 0.29) is 53.0 Å². The second-order valence-corrected chi connectivity index (χ2v) is 14.9. The smallest absolute Gasteiger partial charge is 0.503 e. The summed E-state index contributed by atoms with van der Waals surface area (Å²) >= 11 is 0. The Morgan fingerprint density at radius 3 is 1.36 bits per heavy atom. The molecule has 0 fully saturated rings. The van der Waals surface area contributed by atoms with Crippen molar-refractivity contribution in [1.82, 2.24) is 29.5 Å². The summed E-state index contributed by atoms with van der Waals surface area (Å²) in [7, 11) is 0. The first-order valence-corrected chi connectivity index (χ1v) is 17.4. The van der Waals surface area contributed by atoms with Crippen molar-refractivity contribution in [2.45, 2.75) is 52.4 Å². The summed E-state index contributed by atoms with van der Waals surface area (Å²) in [5, 5.41) is 1.85. The number of ether oxygens (including phenoxy) is 2. The Morgan fingerprint density at radius 1 is 0.509 bits per heavy atom. The summed E-state index contributed by atoms with van der Waals surface area (Å²) in [6, 6.07) is 41.7. The van der Waals surface area contributed by atoms with Gasteiger partial charge in [0.15, 0.2) is 0 Å². The molecule has 0 bridgehead atoms. The SMILES string of the molecule is CC(C)(C)c1cc(Oc2[c-]c3c(cc2)c2ccc(Oc4[c-]c(-c5ccccn5)cc(C(C)(C)C)c4)[c-]c2n3-c2ncncn2)[c-]c(-c2ccccn2)c1.[Pt+2].[Pt+2]. The molecule has 55 heavy (non-hydrogen) atoms. The molecule has 0 spiro atoms. The van der Waals surface area contributed by atoms with Gasteiger partial charge in [-0.05, 0) is 34.4 Å². The molecule has 0 amide bonds. The van der Waals surface area contributed by atoms with Gasteiger partial charge in [0.05, 0.1) is 0 Å². The van der Waals surface area contributed by atoms with Crippen molar-refractivity contribution in [3.8, 4) is 51.5 Å². The van der Waals surface area contributed by atoms with Gasteiger partial charge in [-0.25, -0.2) is 15.0 Å². The van der Waals surface area contributed by atoms with Crippen LogP contribution >= 0.6 is 0 Å². The zero-order valence-corrected chi connectivity index (χ0v) is 35.6. The van der Waals surface area contributed by atoms with E-state index < -0.39 is 0 Å². The number of rotatable bonds is 7. The van der Waals surface area contributed by atoms with Gasteiger partial charge in [-0.15, -0.1) is 58.7 Å². The first-order chi connectivity index (χ1) is 25.5. The van der Waals surface area contributed by atoms with E-state index in [1.54, 1.807) is 12.4 Å². The molecule has 0 aliphatic rings. The molecule has 10 heteroatoms. The zero-order valence-electron chi connectivity index (χ0n) is 31.0. The fourth-order valence-electron chi connectivity index (χ4n) is 6.11. The fourth-order valence-corrected chi connectivity index (χ4v) is 6.11. The van der Waals surface area contributed by atoms with Crippen molar-refractivity contribution >= 4 is 21.8 Å². The van der Waals surface area contributed by atoms with E-state index in [0.717, 1.165) is 44.4 Å². The first-order valence-electron chi connectivity index (χ1n) is 17.4. The summed E-state index contributed by atoms with van der Waals surface area (Å²) in [5.74, 6) is 2.57. The minimum absolute atomic E-state index is 0. The van der Waals surface area contributed by atoms with E-state index in [2.05, 4.69) is 103 Å². The third-order valence-electron chi connectivity index (χ3n) is 8.96. The molecule has 0 N–H and O–H groups in total. The minimum atomic E-state index is -0.128. The molecule has 0 aliphatic heterocycles. The second-order valence-electron chi connectivity index (χ2n) is 14.9. The maximum absolute atomic E-state index is 6.51. The summed E-state index contributed by atoms with van der Waals surface area (Å²) in [5.41, 5.74) is 6.73. The largest absolute Gasteiger partial charge is 2.00 e. The molecule has 0 aliphatic carbocycles. The minimum Gasteiger partial charge on any atom is -0.503 e. The molecule has 0 unspecified atom stereocenters. The maximum atomic E-state index is 6.51. The summed E-state index contributed by atoms with van der Waals surface area (Å²) in [6.07, 6.45) is 6.50. The van der Waals surface area contributed by atoms with Gasteiger partial charge >= 0.3 is 42.1 Å². The number of aromatic nitrogens is 6. The van der Waals surface area contributed by atoms with Crippen LogP contribution in [0, 0.1) is 24.3 Å². The number of fused-ring (bicyclic) bond motifs is 3. The Morgan fingerprint density at radius 2 is 0.964 bits per heavy atom. The van der Waals surface area contributed by atoms with Gasteiger partial charge in [0.25, 0.3) is 0 Å². The zero-order chi connectivity index (χ0) is 36.7. The van der Waals surface area contributed by atoms with Gasteiger partial charge in [0.1, 0.15) is 12.7 Å². The molecular formula is C45H36N6O2Pt2. The average molecular weight is 1080 g/mol. The predicted octanol–water partition coefficient (Wildman–Crippen LogP) is 10.5. The van der Waals surface area contributed by atoms with E-state index in [4.69, 9.17) is 9.47 Å². The third kappa shape index (κ3) is 8.46. The van der Waals surface area contributed by atoms with Crippen LogP contribution in [0.5, 0.6) is 23.0 Å². The molecule has 4 aromatic heterocycles. The number of hydrogen-bond donors (Lipinski definition) is 0. The summed E-state index contributed by atoms with van der Waals surface area (Å²) in [4.78, 5) is 22.2. The van der Waals surface area contributed by atoms with E-state index in [0.29, 0.717) is 40.0 Å². The molecule has 8 nitrogen and oxygen atoms in total. The van der Waals surface area contributed by atoms with Crippen LogP contribution in [0.1, 0.15) is 52.7 Å². The first kappa shape index (κ1) is 39.7. The van der Waals surface area contributed by atoms with Crippen LogP contribution in [0.15, 0.2) is 110 Å². The van der Waals surface area contributed by atoms with E-state index in [1.165, 1.54) is 12.7 Å². The third-order valence-corrected chi connectivity index (χ3v) is 8.96. The Hall–Kier alpha value is -5.03. The molecule has 0 atom stereocenters. The Bertz CT molecular complexity index is 2420. The normalized spacial score (nSPS) is 11.5. The molecule has 0 saturated heterocycles. The van der Waals surface area contributed by atoms with Crippen molar-refractivity contribution in [2.24, 2.45) is 0 Å². The van der Waals surface area contributed by atoms with Crippen LogP contribution in [0.2, 0.25) is 0 Å². The molecule has 278 valence electrons. The van der Waals surface area contributed by atoms with E-state index in [9.17, 15) is 0 Å². The second kappa shape index (κ2) is 16.0. The van der Waals surface area contributed by atoms with Gasteiger partial charge in [-0.2, -0.15) is 22.9 Å². The van der Waals surface area contributed by atoms with Gasteiger partial charge in [0, 0.05) is 35.4 Å². The maximum Gasteiger partial charge on any atom is 2.00 e. The van der Waals surface area contributed by atoms with Crippen molar-refractivity contribution in [1.29, 1.82) is 0 Å². The number of benzene rings is 4. The number of hydrogen-bond acceptors (Lipinski definition) is 7. The number of nitrogens with zero attached hydrogens (tertiary/aromatic N) is 6. The molecule has 4 aromatic carbocycles. The number of pyridine rings is 2. The molecule has 8 rings (SSSR count). The average Bonchev–Trinajstić information content (AvgIpc) is 3.47. The molecule has 4 heterocycles. The van der Waals surface area contributed by atoms with Crippen LogP contribution in [-0.4, -0.2) is 29.5 Å². The van der Waals surface area contributed by atoms with Crippen LogP contribution in [0.3, 0.4) is 0 Å². The topological polar surface area (TPSA) is 87.8 Å². The Kier molecular flexibility index (Phi) is 11.5. The Labute approximate surface area is 350 Å². The molecule has 8 aromatic rings. The monoisotopic (exact) mass is 1080 g/mol. The van der Waals surface area contributed by atoms with Crippen LogP contribution in [0.4, 0.5) is 0 Å².